The number of likely N-dealkylation sites (tertiary alicyclic amines) is 1. The van der Waals surface area contributed by atoms with Crippen LogP contribution in [-0.4, -0.2) is 74.1 Å². The van der Waals surface area contributed by atoms with E-state index < -0.39 is 0 Å². The fourth-order valence-electron chi connectivity index (χ4n) is 2.84. The highest BCUT2D eigenvalue weighted by atomic mass is 16.2. The van der Waals surface area contributed by atoms with Crippen LogP contribution in [0.25, 0.3) is 0 Å². The molecule has 1 amide bonds. The molecule has 2 aliphatic rings. The number of carbonyl (C=O) groups excluding carboxylic acids is 1. The predicted octanol–water partition coefficient (Wildman–Crippen LogP) is -0.509. The second-order valence-corrected chi connectivity index (χ2v) is 5.57. The van der Waals surface area contributed by atoms with Gasteiger partial charge in [-0.25, -0.2) is 0 Å². The highest BCUT2D eigenvalue weighted by molar-refractivity contribution is 5.81. The zero-order chi connectivity index (χ0) is 13.0. The summed E-state index contributed by atoms with van der Waals surface area (Å²) in [6.45, 7) is 8.08. The summed E-state index contributed by atoms with van der Waals surface area (Å²) in [6, 6.07) is 0.334. The van der Waals surface area contributed by atoms with Crippen molar-refractivity contribution >= 4 is 5.91 Å². The van der Waals surface area contributed by atoms with Crippen LogP contribution in [0.4, 0.5) is 0 Å². The molecule has 5 heteroatoms. The number of hydrogen-bond donors (Lipinski definition) is 2. The first-order valence-corrected chi connectivity index (χ1v) is 7.10. The van der Waals surface area contributed by atoms with Gasteiger partial charge in [0.2, 0.25) is 5.91 Å². The van der Waals surface area contributed by atoms with Crippen molar-refractivity contribution in [3.05, 3.63) is 0 Å². The summed E-state index contributed by atoms with van der Waals surface area (Å²) >= 11 is 0. The third-order valence-corrected chi connectivity index (χ3v) is 4.05. The van der Waals surface area contributed by atoms with Gasteiger partial charge in [-0.2, -0.15) is 0 Å². The molecule has 0 bridgehead atoms. The van der Waals surface area contributed by atoms with E-state index in [9.17, 15) is 4.79 Å². The lowest BCUT2D eigenvalue weighted by molar-refractivity contribution is -0.127. The molecule has 0 radical (unpaired) electrons. The monoisotopic (exact) mass is 254 g/mol. The van der Waals surface area contributed by atoms with E-state index in [0.717, 1.165) is 45.7 Å². The molecule has 2 aliphatic heterocycles. The van der Waals surface area contributed by atoms with Gasteiger partial charge in [-0.05, 0) is 33.4 Å². The maximum absolute atomic E-state index is 12.2. The Hall–Kier alpha value is -0.650. The van der Waals surface area contributed by atoms with Gasteiger partial charge in [0.15, 0.2) is 0 Å². The van der Waals surface area contributed by atoms with Crippen LogP contribution in [-0.2, 0) is 4.79 Å². The summed E-state index contributed by atoms with van der Waals surface area (Å²) in [5.74, 6) is 0.192. The molecule has 104 valence electrons. The van der Waals surface area contributed by atoms with Gasteiger partial charge in [0.25, 0.3) is 0 Å². The minimum absolute atomic E-state index is 0.000618. The molecule has 2 saturated heterocycles. The Morgan fingerprint density at radius 1 is 1.33 bits per heavy atom. The molecule has 0 aromatic heterocycles. The average molecular weight is 254 g/mol. The molecule has 0 aromatic carbocycles. The molecular weight excluding hydrogens is 228 g/mol. The summed E-state index contributed by atoms with van der Waals surface area (Å²) in [5, 5.41) is 6.52. The molecule has 5 nitrogen and oxygen atoms in total. The number of rotatable bonds is 3. The Labute approximate surface area is 110 Å². The molecule has 0 aromatic rings. The Balaban J connectivity index is 1.79. The number of nitrogens with one attached hydrogen (secondary N) is 2. The molecule has 2 atom stereocenters. The third-order valence-electron chi connectivity index (χ3n) is 4.05. The van der Waals surface area contributed by atoms with Crippen molar-refractivity contribution in [3.63, 3.8) is 0 Å². The van der Waals surface area contributed by atoms with Gasteiger partial charge in [0.1, 0.15) is 0 Å². The van der Waals surface area contributed by atoms with Gasteiger partial charge in [0.05, 0.1) is 6.04 Å². The molecule has 0 spiro atoms. The fraction of sp³-hybridized carbons (Fsp3) is 0.923. The maximum Gasteiger partial charge on any atom is 0.237 e. The standard InChI is InChI=1S/C13H26N4O/c1-11(17-8-5-14-6-9-17)13(18)15-12-4-3-7-16(2)10-12/h11-12,14H,3-10H2,1-2H3,(H,15,18). The zero-order valence-electron chi connectivity index (χ0n) is 11.6. The van der Waals surface area contributed by atoms with Crippen molar-refractivity contribution in [1.82, 2.24) is 20.4 Å². The number of hydrogen-bond acceptors (Lipinski definition) is 4. The van der Waals surface area contributed by atoms with E-state index in [1.54, 1.807) is 0 Å². The first kappa shape index (κ1) is 13.8. The lowest BCUT2D eigenvalue weighted by Gasteiger charge is -2.35. The van der Waals surface area contributed by atoms with Crippen molar-refractivity contribution in [2.24, 2.45) is 0 Å². The summed E-state index contributed by atoms with van der Waals surface area (Å²) in [5.41, 5.74) is 0. The minimum Gasteiger partial charge on any atom is -0.351 e. The van der Waals surface area contributed by atoms with Crippen LogP contribution in [0, 0.1) is 0 Å². The van der Waals surface area contributed by atoms with E-state index in [0.29, 0.717) is 6.04 Å². The second kappa shape index (κ2) is 6.50. The number of nitrogens with zero attached hydrogens (tertiary/aromatic N) is 2. The van der Waals surface area contributed by atoms with E-state index in [4.69, 9.17) is 0 Å². The predicted molar refractivity (Wildman–Crippen MR) is 72.6 cm³/mol. The first-order valence-electron chi connectivity index (χ1n) is 7.10. The molecule has 18 heavy (non-hydrogen) atoms. The Morgan fingerprint density at radius 2 is 2.06 bits per heavy atom. The van der Waals surface area contributed by atoms with Crippen molar-refractivity contribution in [2.75, 3.05) is 46.3 Å². The Bertz CT molecular complexity index is 278. The summed E-state index contributed by atoms with van der Waals surface area (Å²) in [6.07, 6.45) is 2.30. The Kier molecular flexibility index (Phi) is 4.97. The van der Waals surface area contributed by atoms with Crippen LogP contribution in [0.15, 0.2) is 0 Å². The molecule has 2 heterocycles. The first-order chi connectivity index (χ1) is 8.66. The lowest BCUT2D eigenvalue weighted by Crippen LogP contribution is -2.55. The van der Waals surface area contributed by atoms with E-state index in [1.807, 2.05) is 6.92 Å². The lowest BCUT2D eigenvalue weighted by atomic mass is 10.1. The number of piperidine rings is 1. The van der Waals surface area contributed by atoms with Gasteiger partial charge in [-0.15, -0.1) is 0 Å². The van der Waals surface area contributed by atoms with Crippen LogP contribution in [0.2, 0.25) is 0 Å². The van der Waals surface area contributed by atoms with E-state index in [-0.39, 0.29) is 11.9 Å². The fourth-order valence-corrected chi connectivity index (χ4v) is 2.84. The smallest absolute Gasteiger partial charge is 0.237 e. The minimum atomic E-state index is -0.000618. The van der Waals surface area contributed by atoms with Crippen molar-refractivity contribution in [1.29, 1.82) is 0 Å². The van der Waals surface area contributed by atoms with Gasteiger partial charge < -0.3 is 15.5 Å². The van der Waals surface area contributed by atoms with Crippen LogP contribution in [0.3, 0.4) is 0 Å². The third kappa shape index (κ3) is 3.67. The molecule has 2 fully saturated rings. The van der Waals surface area contributed by atoms with Crippen LogP contribution >= 0.6 is 0 Å². The van der Waals surface area contributed by atoms with Gasteiger partial charge in [-0.3, -0.25) is 9.69 Å². The average Bonchev–Trinajstić information content (AvgIpc) is 2.39. The largest absolute Gasteiger partial charge is 0.351 e. The molecule has 2 N–H and O–H groups in total. The summed E-state index contributed by atoms with van der Waals surface area (Å²) in [7, 11) is 2.12. The van der Waals surface area contributed by atoms with Crippen molar-refractivity contribution in [2.45, 2.75) is 31.8 Å². The number of piperazine rings is 1. The normalized spacial score (nSPS) is 28.9. The van der Waals surface area contributed by atoms with Gasteiger partial charge in [0, 0.05) is 38.8 Å². The van der Waals surface area contributed by atoms with Crippen LogP contribution < -0.4 is 10.6 Å². The quantitative estimate of drug-likeness (QED) is 0.712. The topological polar surface area (TPSA) is 47.6 Å². The highest BCUT2D eigenvalue weighted by Crippen LogP contribution is 2.09. The maximum atomic E-state index is 12.2. The highest BCUT2D eigenvalue weighted by Gasteiger charge is 2.25. The summed E-state index contributed by atoms with van der Waals surface area (Å²) < 4.78 is 0. The number of likely N-dealkylation sites (N-methyl/N-ethyl adjacent to an activating group) is 1. The van der Waals surface area contributed by atoms with Crippen molar-refractivity contribution < 1.29 is 4.79 Å². The molecule has 2 unspecified atom stereocenters. The zero-order valence-corrected chi connectivity index (χ0v) is 11.6. The summed E-state index contributed by atoms with van der Waals surface area (Å²) in [4.78, 5) is 16.8. The van der Waals surface area contributed by atoms with E-state index in [1.165, 1.54) is 6.42 Å². The van der Waals surface area contributed by atoms with Crippen molar-refractivity contribution in [3.8, 4) is 0 Å². The second-order valence-electron chi connectivity index (χ2n) is 5.57. The van der Waals surface area contributed by atoms with Crippen LogP contribution in [0.1, 0.15) is 19.8 Å². The van der Waals surface area contributed by atoms with E-state index in [2.05, 4.69) is 27.5 Å². The molecule has 0 aliphatic carbocycles. The number of carbonyl (C=O) groups is 1. The van der Waals surface area contributed by atoms with Gasteiger partial charge in [-0.1, -0.05) is 0 Å². The van der Waals surface area contributed by atoms with E-state index >= 15 is 0 Å². The molecular formula is C13H26N4O. The van der Waals surface area contributed by atoms with Crippen LogP contribution in [0.5, 0.6) is 0 Å². The number of amides is 1. The Morgan fingerprint density at radius 3 is 2.72 bits per heavy atom. The SMILES string of the molecule is CC(C(=O)NC1CCCN(C)C1)N1CCNCC1. The van der Waals surface area contributed by atoms with Gasteiger partial charge >= 0.3 is 0 Å². The molecule has 2 rings (SSSR count). The molecule has 0 saturated carbocycles.